The first-order chi connectivity index (χ1) is 14.8. The maximum Gasteiger partial charge on any atom is 0.00794 e. The highest BCUT2D eigenvalue weighted by molar-refractivity contribution is 9.11. The minimum absolute atomic E-state index is 0.986. The molecule has 0 amide bonds. The molecule has 0 unspecified atom stereocenters. The zero-order chi connectivity index (χ0) is 19.8. The zero-order valence-electron chi connectivity index (χ0n) is 16.5. The van der Waals surface area contributed by atoms with E-state index in [1.54, 1.807) is 0 Å². The Morgan fingerprint density at radius 1 is 0.467 bits per heavy atom. The quantitative estimate of drug-likeness (QED) is 0.244. The molecule has 4 aromatic rings. The van der Waals surface area contributed by atoms with Crippen molar-refractivity contribution < 1.29 is 0 Å². The highest BCUT2D eigenvalue weighted by atomic mass is 79.9. The van der Waals surface area contributed by atoms with E-state index in [0.717, 1.165) is 19.3 Å². The second-order valence-corrected chi connectivity index (χ2v) is 9.59. The number of halogens is 1. The third-order valence-electron chi connectivity index (χ3n) is 6.99. The lowest BCUT2D eigenvalue weighted by molar-refractivity contribution is 1.21. The van der Waals surface area contributed by atoms with Crippen molar-refractivity contribution in [2.24, 2.45) is 0 Å². The van der Waals surface area contributed by atoms with Crippen LogP contribution >= 0.6 is 15.9 Å². The van der Waals surface area contributed by atoms with Crippen LogP contribution in [0, 0.1) is 0 Å². The fourth-order valence-corrected chi connectivity index (χ4v) is 6.43. The SMILES string of the molecule is BrC1=C(c2cccc3c2-c2cc4c(cc2C3)Cc2ccccc2-4)c2ccccc2C1. The van der Waals surface area contributed by atoms with Crippen molar-refractivity contribution in [2.75, 3.05) is 0 Å². The number of fused-ring (bicyclic) bond motifs is 7. The monoisotopic (exact) mass is 446 g/mol. The Kier molecular flexibility index (Phi) is 3.40. The topological polar surface area (TPSA) is 0 Å². The summed E-state index contributed by atoms with van der Waals surface area (Å²) < 4.78 is 1.30. The van der Waals surface area contributed by atoms with Crippen molar-refractivity contribution in [2.45, 2.75) is 19.3 Å². The Morgan fingerprint density at radius 2 is 1.10 bits per heavy atom. The molecule has 3 aliphatic carbocycles. The van der Waals surface area contributed by atoms with Crippen molar-refractivity contribution in [1.29, 1.82) is 0 Å². The Hall–Kier alpha value is -2.90. The first-order valence-electron chi connectivity index (χ1n) is 10.6. The largest absolute Gasteiger partial charge is 0.0619 e. The highest BCUT2D eigenvalue weighted by Crippen LogP contribution is 2.50. The van der Waals surface area contributed by atoms with Gasteiger partial charge in [0.05, 0.1) is 0 Å². The lowest BCUT2D eigenvalue weighted by Crippen LogP contribution is -1.92. The average Bonchev–Trinajstić information content (AvgIpc) is 3.41. The molecular formula is C29H19Br. The molecule has 3 aliphatic rings. The third kappa shape index (κ3) is 2.22. The van der Waals surface area contributed by atoms with Crippen LogP contribution in [0.2, 0.25) is 0 Å². The molecule has 4 aromatic carbocycles. The molecule has 0 aliphatic heterocycles. The first-order valence-corrected chi connectivity index (χ1v) is 11.4. The number of allylic oxidation sites excluding steroid dienone is 1. The van der Waals surface area contributed by atoms with E-state index in [1.165, 1.54) is 71.3 Å². The highest BCUT2D eigenvalue weighted by Gasteiger charge is 2.30. The van der Waals surface area contributed by atoms with Crippen molar-refractivity contribution in [3.63, 3.8) is 0 Å². The van der Waals surface area contributed by atoms with E-state index >= 15 is 0 Å². The summed E-state index contributed by atoms with van der Waals surface area (Å²) >= 11 is 3.92. The Labute approximate surface area is 185 Å². The Morgan fingerprint density at radius 3 is 1.97 bits per heavy atom. The van der Waals surface area contributed by atoms with Crippen LogP contribution in [0.4, 0.5) is 0 Å². The average molecular weight is 447 g/mol. The van der Waals surface area contributed by atoms with E-state index in [9.17, 15) is 0 Å². The van der Waals surface area contributed by atoms with Crippen LogP contribution in [-0.2, 0) is 19.3 Å². The molecule has 0 N–H and O–H groups in total. The normalized spacial score (nSPS) is 15.0. The van der Waals surface area contributed by atoms with Gasteiger partial charge in [0.2, 0.25) is 0 Å². The molecule has 1 heteroatoms. The predicted molar refractivity (Wildman–Crippen MR) is 128 cm³/mol. The van der Waals surface area contributed by atoms with Gasteiger partial charge in [0.25, 0.3) is 0 Å². The Bertz CT molecular complexity index is 1420. The van der Waals surface area contributed by atoms with Crippen molar-refractivity contribution >= 4 is 21.5 Å². The van der Waals surface area contributed by atoms with Gasteiger partial charge in [-0.3, -0.25) is 0 Å². The molecule has 0 saturated carbocycles. The summed E-state index contributed by atoms with van der Waals surface area (Å²) in [7, 11) is 0. The minimum atomic E-state index is 0.986. The summed E-state index contributed by atoms with van der Waals surface area (Å²) in [6.07, 6.45) is 3.08. The third-order valence-corrected chi connectivity index (χ3v) is 7.67. The molecule has 30 heavy (non-hydrogen) atoms. The molecule has 0 saturated heterocycles. The lowest BCUT2D eigenvalue weighted by Gasteiger charge is -2.14. The number of hydrogen-bond donors (Lipinski definition) is 0. The van der Waals surface area contributed by atoms with Crippen molar-refractivity contribution in [3.05, 3.63) is 122 Å². The van der Waals surface area contributed by atoms with E-state index in [4.69, 9.17) is 0 Å². The maximum absolute atomic E-state index is 3.92. The Balaban J connectivity index is 1.47. The van der Waals surface area contributed by atoms with Gasteiger partial charge < -0.3 is 0 Å². The number of benzene rings is 4. The van der Waals surface area contributed by atoms with Gasteiger partial charge in [0, 0.05) is 16.5 Å². The van der Waals surface area contributed by atoms with E-state index in [0.29, 0.717) is 0 Å². The minimum Gasteiger partial charge on any atom is -0.0619 e. The summed E-state index contributed by atoms with van der Waals surface area (Å²) in [5.41, 5.74) is 17.1. The van der Waals surface area contributed by atoms with Crippen LogP contribution in [0.15, 0.2) is 83.3 Å². The first kappa shape index (κ1) is 16.8. The summed E-state index contributed by atoms with van der Waals surface area (Å²) in [5.74, 6) is 0. The van der Waals surface area contributed by atoms with Crippen LogP contribution in [0.5, 0.6) is 0 Å². The molecule has 0 spiro atoms. The second kappa shape index (κ2) is 6.06. The lowest BCUT2D eigenvalue weighted by atomic mass is 9.90. The molecule has 0 radical (unpaired) electrons. The van der Waals surface area contributed by atoms with Gasteiger partial charge in [-0.1, -0.05) is 88.7 Å². The molecule has 0 atom stereocenters. The second-order valence-electron chi connectivity index (χ2n) is 8.63. The van der Waals surface area contributed by atoms with E-state index < -0.39 is 0 Å². The standard InChI is InChI=1S/C29H19Br/c30-27-15-18-7-2-4-10-23(18)29(27)24-11-5-8-19-13-21-14-20-12-17-6-1-3-9-22(17)25(20)16-26(21)28(19)24/h1-11,14,16H,12-13,15H2. The van der Waals surface area contributed by atoms with Crippen molar-refractivity contribution in [3.8, 4) is 22.3 Å². The number of hydrogen-bond acceptors (Lipinski definition) is 0. The maximum atomic E-state index is 3.92. The molecule has 7 rings (SSSR count). The number of rotatable bonds is 1. The van der Waals surface area contributed by atoms with Gasteiger partial charge in [-0.2, -0.15) is 0 Å². The van der Waals surface area contributed by atoms with Crippen LogP contribution in [0.3, 0.4) is 0 Å². The van der Waals surface area contributed by atoms with Crippen LogP contribution in [0.25, 0.3) is 27.8 Å². The van der Waals surface area contributed by atoms with Crippen LogP contribution < -0.4 is 0 Å². The van der Waals surface area contributed by atoms with Gasteiger partial charge >= 0.3 is 0 Å². The fourth-order valence-electron chi connectivity index (χ4n) is 5.70. The summed E-state index contributed by atoms with van der Waals surface area (Å²) in [4.78, 5) is 0. The fraction of sp³-hybridized carbons (Fsp3) is 0.103. The van der Waals surface area contributed by atoms with Crippen LogP contribution in [0.1, 0.15) is 38.9 Å². The van der Waals surface area contributed by atoms with Gasteiger partial charge in [0.1, 0.15) is 0 Å². The van der Waals surface area contributed by atoms with E-state index in [1.807, 2.05) is 0 Å². The molecule has 0 heterocycles. The molecule has 0 aromatic heterocycles. The predicted octanol–water partition coefficient (Wildman–Crippen LogP) is 7.54. The molecule has 0 bridgehead atoms. The van der Waals surface area contributed by atoms with Gasteiger partial charge in [-0.15, -0.1) is 0 Å². The summed E-state index contributed by atoms with van der Waals surface area (Å²) in [6.45, 7) is 0. The molecule has 0 nitrogen and oxygen atoms in total. The molecule has 142 valence electrons. The van der Waals surface area contributed by atoms with Crippen molar-refractivity contribution in [1.82, 2.24) is 0 Å². The summed E-state index contributed by atoms with van der Waals surface area (Å²) in [6, 6.07) is 29.5. The van der Waals surface area contributed by atoms with Gasteiger partial charge in [-0.05, 0) is 80.1 Å². The van der Waals surface area contributed by atoms with Gasteiger partial charge in [-0.25, -0.2) is 0 Å². The zero-order valence-corrected chi connectivity index (χ0v) is 18.1. The summed E-state index contributed by atoms with van der Waals surface area (Å²) in [5, 5.41) is 0. The van der Waals surface area contributed by atoms with Crippen LogP contribution in [-0.4, -0.2) is 0 Å². The van der Waals surface area contributed by atoms with Gasteiger partial charge in [0.15, 0.2) is 0 Å². The smallest absolute Gasteiger partial charge is 0.00794 e. The van der Waals surface area contributed by atoms with E-state index in [-0.39, 0.29) is 0 Å². The molecule has 0 fully saturated rings. The van der Waals surface area contributed by atoms with E-state index in [2.05, 4.69) is 94.8 Å². The molecular weight excluding hydrogens is 428 g/mol.